The summed E-state index contributed by atoms with van der Waals surface area (Å²) in [6, 6.07) is 1.15. The van der Waals surface area contributed by atoms with Crippen LogP contribution in [0.5, 0.6) is 0 Å². The predicted molar refractivity (Wildman–Crippen MR) is 63.9 cm³/mol. The first kappa shape index (κ1) is 11.6. The van der Waals surface area contributed by atoms with Crippen LogP contribution >= 0.6 is 0 Å². The molecule has 6 nitrogen and oxygen atoms in total. The molecule has 0 atom stereocenters. The summed E-state index contributed by atoms with van der Waals surface area (Å²) in [7, 11) is 1.62. The average molecular weight is 236 g/mol. The molecule has 1 aromatic heterocycles. The number of aromatic nitrogens is 2. The number of hydrogen-bond acceptors (Lipinski definition) is 3. The van der Waals surface area contributed by atoms with Crippen LogP contribution in [0.2, 0.25) is 0 Å². The van der Waals surface area contributed by atoms with E-state index in [0.29, 0.717) is 5.82 Å². The Balaban J connectivity index is 2.02. The van der Waals surface area contributed by atoms with Gasteiger partial charge in [-0.15, -0.1) is 0 Å². The minimum Gasteiger partial charge on any atom is -0.325 e. The van der Waals surface area contributed by atoms with E-state index in [2.05, 4.69) is 10.3 Å². The quantitative estimate of drug-likeness (QED) is 0.784. The first-order valence-corrected chi connectivity index (χ1v) is 5.75. The van der Waals surface area contributed by atoms with E-state index in [9.17, 15) is 9.59 Å². The summed E-state index contributed by atoms with van der Waals surface area (Å²) < 4.78 is 1.36. The van der Waals surface area contributed by atoms with Gasteiger partial charge in [0.05, 0.1) is 6.33 Å². The highest BCUT2D eigenvalue weighted by Gasteiger charge is 2.16. The number of likely N-dealkylation sites (tertiary alicyclic amines) is 1. The molecule has 0 aliphatic carbocycles. The van der Waals surface area contributed by atoms with E-state index < -0.39 is 0 Å². The van der Waals surface area contributed by atoms with E-state index in [-0.39, 0.29) is 11.6 Å². The zero-order chi connectivity index (χ0) is 12.3. The van der Waals surface area contributed by atoms with Crippen LogP contribution in [-0.4, -0.2) is 33.6 Å². The minimum absolute atomic E-state index is 0.176. The zero-order valence-electron chi connectivity index (χ0n) is 9.85. The fourth-order valence-corrected chi connectivity index (χ4v) is 1.82. The van der Waals surface area contributed by atoms with Crippen LogP contribution in [0.25, 0.3) is 0 Å². The van der Waals surface area contributed by atoms with Gasteiger partial charge < -0.3 is 9.47 Å². The molecular formula is C11H16N4O2. The molecule has 0 saturated carbocycles. The Kier molecular flexibility index (Phi) is 3.41. The number of hydrogen-bond donors (Lipinski definition) is 1. The molecule has 1 aliphatic heterocycles. The Hall–Kier alpha value is -1.85. The number of nitrogens with one attached hydrogen (secondary N) is 1. The van der Waals surface area contributed by atoms with Crippen molar-refractivity contribution in [3.63, 3.8) is 0 Å². The molecule has 1 aliphatic rings. The molecule has 1 saturated heterocycles. The van der Waals surface area contributed by atoms with Crippen LogP contribution < -0.4 is 10.9 Å². The molecule has 2 rings (SSSR count). The van der Waals surface area contributed by atoms with Gasteiger partial charge in [0, 0.05) is 26.2 Å². The number of amides is 2. The van der Waals surface area contributed by atoms with Crippen molar-refractivity contribution in [1.29, 1.82) is 0 Å². The van der Waals surface area contributed by atoms with Gasteiger partial charge in [0.25, 0.3) is 5.56 Å². The molecule has 0 unspecified atom stereocenters. The third-order valence-electron chi connectivity index (χ3n) is 2.86. The fourth-order valence-electron chi connectivity index (χ4n) is 1.82. The maximum absolute atomic E-state index is 11.8. The smallest absolute Gasteiger partial charge is 0.323 e. The van der Waals surface area contributed by atoms with E-state index in [4.69, 9.17) is 0 Å². The summed E-state index contributed by atoms with van der Waals surface area (Å²) in [4.78, 5) is 28.9. The second-order valence-electron chi connectivity index (χ2n) is 4.20. The summed E-state index contributed by atoms with van der Waals surface area (Å²) in [5.41, 5.74) is -0.186. The summed E-state index contributed by atoms with van der Waals surface area (Å²) in [5.74, 6) is 0.309. The minimum atomic E-state index is -0.186. The maximum Gasteiger partial charge on any atom is 0.323 e. The van der Waals surface area contributed by atoms with Crippen LogP contribution in [0, 0.1) is 0 Å². The third kappa shape index (κ3) is 2.83. The van der Waals surface area contributed by atoms with Crippen LogP contribution in [0.4, 0.5) is 10.6 Å². The van der Waals surface area contributed by atoms with Crippen molar-refractivity contribution in [3.8, 4) is 0 Å². The van der Waals surface area contributed by atoms with Crippen LogP contribution in [0.3, 0.4) is 0 Å². The number of aryl methyl sites for hydroxylation is 1. The fraction of sp³-hybridized carbons (Fsp3) is 0.545. The Morgan fingerprint density at radius 1 is 1.35 bits per heavy atom. The lowest BCUT2D eigenvalue weighted by atomic mass is 10.1. The lowest BCUT2D eigenvalue weighted by Gasteiger charge is -2.26. The summed E-state index contributed by atoms with van der Waals surface area (Å²) in [6.07, 6.45) is 4.65. The number of piperidine rings is 1. The molecule has 1 fully saturated rings. The monoisotopic (exact) mass is 236 g/mol. The van der Waals surface area contributed by atoms with Crippen molar-refractivity contribution in [2.24, 2.45) is 7.05 Å². The molecule has 17 heavy (non-hydrogen) atoms. The molecule has 1 aromatic rings. The molecule has 0 bridgehead atoms. The normalized spacial score (nSPS) is 15.7. The van der Waals surface area contributed by atoms with Crippen molar-refractivity contribution >= 4 is 11.8 Å². The van der Waals surface area contributed by atoms with Gasteiger partial charge in [0.15, 0.2) is 0 Å². The van der Waals surface area contributed by atoms with Crippen molar-refractivity contribution in [2.45, 2.75) is 19.3 Å². The first-order chi connectivity index (χ1) is 8.16. The number of carbonyl (C=O) groups excluding carboxylic acids is 1. The van der Waals surface area contributed by atoms with Gasteiger partial charge in [0.1, 0.15) is 5.82 Å². The van der Waals surface area contributed by atoms with E-state index in [1.54, 1.807) is 11.9 Å². The van der Waals surface area contributed by atoms with Gasteiger partial charge >= 0.3 is 6.03 Å². The van der Waals surface area contributed by atoms with Crippen molar-refractivity contribution in [2.75, 3.05) is 18.4 Å². The van der Waals surface area contributed by atoms with Gasteiger partial charge in [-0.25, -0.2) is 9.78 Å². The van der Waals surface area contributed by atoms with Crippen molar-refractivity contribution in [1.82, 2.24) is 14.5 Å². The molecule has 6 heteroatoms. The summed E-state index contributed by atoms with van der Waals surface area (Å²) in [6.45, 7) is 1.55. The molecule has 1 N–H and O–H groups in total. The van der Waals surface area contributed by atoms with Crippen molar-refractivity contribution in [3.05, 3.63) is 22.7 Å². The van der Waals surface area contributed by atoms with Crippen LogP contribution in [-0.2, 0) is 7.05 Å². The lowest BCUT2D eigenvalue weighted by Crippen LogP contribution is -2.39. The Morgan fingerprint density at radius 2 is 2.06 bits per heavy atom. The van der Waals surface area contributed by atoms with Gasteiger partial charge in [-0.1, -0.05) is 0 Å². The van der Waals surface area contributed by atoms with E-state index >= 15 is 0 Å². The number of anilines is 1. The highest BCUT2D eigenvalue weighted by Crippen LogP contribution is 2.10. The number of urea groups is 1. The van der Waals surface area contributed by atoms with Gasteiger partial charge in [0.2, 0.25) is 0 Å². The van der Waals surface area contributed by atoms with Gasteiger partial charge in [-0.05, 0) is 19.3 Å². The zero-order valence-corrected chi connectivity index (χ0v) is 9.85. The topological polar surface area (TPSA) is 67.2 Å². The average Bonchev–Trinajstić information content (AvgIpc) is 2.35. The van der Waals surface area contributed by atoms with E-state index in [1.165, 1.54) is 23.4 Å². The molecule has 0 spiro atoms. The molecule has 92 valence electrons. The molecule has 2 heterocycles. The Bertz CT molecular complexity index is 463. The summed E-state index contributed by atoms with van der Waals surface area (Å²) in [5, 5.41) is 2.64. The SMILES string of the molecule is Cn1cnc(NC(=O)N2CCCCC2)cc1=O. The second kappa shape index (κ2) is 4.99. The Labute approximate surface area is 99.3 Å². The number of carbonyl (C=O) groups is 1. The molecular weight excluding hydrogens is 220 g/mol. The predicted octanol–water partition coefficient (Wildman–Crippen LogP) is 0.798. The van der Waals surface area contributed by atoms with E-state index in [1.807, 2.05) is 0 Å². The molecule has 0 radical (unpaired) electrons. The highest BCUT2D eigenvalue weighted by molar-refractivity contribution is 5.88. The molecule has 2 amide bonds. The van der Waals surface area contributed by atoms with Crippen LogP contribution in [0.15, 0.2) is 17.2 Å². The van der Waals surface area contributed by atoms with E-state index in [0.717, 1.165) is 25.9 Å². The number of rotatable bonds is 1. The van der Waals surface area contributed by atoms with Crippen molar-refractivity contribution < 1.29 is 4.79 Å². The Morgan fingerprint density at radius 3 is 2.71 bits per heavy atom. The third-order valence-corrected chi connectivity index (χ3v) is 2.86. The number of nitrogens with zero attached hydrogens (tertiary/aromatic N) is 3. The second-order valence-corrected chi connectivity index (χ2v) is 4.20. The van der Waals surface area contributed by atoms with Gasteiger partial charge in [-0.2, -0.15) is 0 Å². The standard InChI is InChI=1S/C11H16N4O2/c1-14-8-12-9(7-10(14)16)13-11(17)15-5-3-2-4-6-15/h7-8H,2-6H2,1H3,(H,13,17). The van der Waals surface area contributed by atoms with Gasteiger partial charge in [-0.3, -0.25) is 10.1 Å². The maximum atomic E-state index is 11.8. The first-order valence-electron chi connectivity index (χ1n) is 5.75. The highest BCUT2D eigenvalue weighted by atomic mass is 16.2. The lowest BCUT2D eigenvalue weighted by molar-refractivity contribution is 0.200. The summed E-state index contributed by atoms with van der Waals surface area (Å²) >= 11 is 0. The molecule has 0 aromatic carbocycles. The largest absolute Gasteiger partial charge is 0.325 e. The van der Waals surface area contributed by atoms with Crippen LogP contribution in [0.1, 0.15) is 19.3 Å².